The Hall–Kier alpha value is -2.35. The Labute approximate surface area is 175 Å². The standard InChI is InChI=1S/C21H27N3O4S/c1-22-18(25)13-7-9-14(10-8-13)23-19(26)17(11-12-29-2)24-20(27)15-5-3-4-6-16(15)21(24)28/h7-10,15-17H,3-6,11-12H2,1-2H3,(H,22,25)(H,23,26). The fourth-order valence-corrected chi connectivity index (χ4v) is 4.64. The minimum atomic E-state index is -0.813. The van der Waals surface area contributed by atoms with E-state index < -0.39 is 6.04 Å². The van der Waals surface area contributed by atoms with E-state index in [1.54, 1.807) is 43.1 Å². The van der Waals surface area contributed by atoms with Gasteiger partial charge in [-0.2, -0.15) is 11.8 Å². The Morgan fingerprint density at radius 3 is 2.21 bits per heavy atom. The van der Waals surface area contributed by atoms with Crippen molar-refractivity contribution in [1.82, 2.24) is 10.2 Å². The lowest BCUT2D eigenvalue weighted by Crippen LogP contribution is -2.48. The molecule has 8 heteroatoms. The van der Waals surface area contributed by atoms with Crippen molar-refractivity contribution in [3.8, 4) is 0 Å². The molecule has 0 spiro atoms. The summed E-state index contributed by atoms with van der Waals surface area (Å²) >= 11 is 1.57. The molecule has 29 heavy (non-hydrogen) atoms. The van der Waals surface area contributed by atoms with Gasteiger partial charge in [0.2, 0.25) is 17.7 Å². The van der Waals surface area contributed by atoms with E-state index in [1.807, 2.05) is 6.26 Å². The number of fused-ring (bicyclic) bond motifs is 1. The van der Waals surface area contributed by atoms with Crippen molar-refractivity contribution in [3.05, 3.63) is 29.8 Å². The van der Waals surface area contributed by atoms with Crippen LogP contribution in [0.3, 0.4) is 0 Å². The topological polar surface area (TPSA) is 95.6 Å². The average Bonchev–Trinajstić information content (AvgIpc) is 2.99. The third-order valence-electron chi connectivity index (χ3n) is 5.73. The van der Waals surface area contributed by atoms with Crippen molar-refractivity contribution in [2.24, 2.45) is 11.8 Å². The normalized spacial score (nSPS) is 22.2. The second-order valence-electron chi connectivity index (χ2n) is 7.49. The Kier molecular flexibility index (Phi) is 6.95. The first-order valence-electron chi connectivity index (χ1n) is 9.96. The molecular formula is C21H27N3O4S. The van der Waals surface area contributed by atoms with Gasteiger partial charge >= 0.3 is 0 Å². The predicted octanol–water partition coefficient (Wildman–Crippen LogP) is 2.28. The van der Waals surface area contributed by atoms with Crippen LogP contribution in [0.4, 0.5) is 5.69 Å². The monoisotopic (exact) mass is 417 g/mol. The number of hydrogen-bond donors (Lipinski definition) is 2. The van der Waals surface area contributed by atoms with Gasteiger partial charge in [-0.3, -0.25) is 24.1 Å². The minimum absolute atomic E-state index is 0.198. The van der Waals surface area contributed by atoms with Crippen molar-refractivity contribution in [2.75, 3.05) is 24.4 Å². The molecular weight excluding hydrogens is 390 g/mol. The highest BCUT2D eigenvalue weighted by Crippen LogP contribution is 2.39. The number of benzene rings is 1. The molecule has 1 aromatic rings. The maximum Gasteiger partial charge on any atom is 0.251 e. The van der Waals surface area contributed by atoms with Crippen LogP contribution in [0.25, 0.3) is 0 Å². The minimum Gasteiger partial charge on any atom is -0.355 e. The number of rotatable bonds is 7. The lowest BCUT2D eigenvalue weighted by Gasteiger charge is -2.26. The van der Waals surface area contributed by atoms with Crippen molar-refractivity contribution in [1.29, 1.82) is 0 Å². The van der Waals surface area contributed by atoms with Gasteiger partial charge in [0.1, 0.15) is 6.04 Å². The number of carbonyl (C=O) groups is 4. The van der Waals surface area contributed by atoms with Gasteiger partial charge in [0.15, 0.2) is 0 Å². The summed E-state index contributed by atoms with van der Waals surface area (Å²) in [4.78, 5) is 51.8. The zero-order valence-corrected chi connectivity index (χ0v) is 17.6. The van der Waals surface area contributed by atoms with Crippen LogP contribution in [-0.2, 0) is 14.4 Å². The lowest BCUT2D eigenvalue weighted by atomic mass is 9.81. The number of nitrogens with one attached hydrogen (secondary N) is 2. The molecule has 1 aliphatic carbocycles. The van der Waals surface area contributed by atoms with E-state index in [-0.39, 0.29) is 35.5 Å². The molecule has 3 unspecified atom stereocenters. The highest BCUT2D eigenvalue weighted by Gasteiger charge is 2.51. The van der Waals surface area contributed by atoms with Crippen LogP contribution in [0, 0.1) is 11.8 Å². The summed E-state index contributed by atoms with van der Waals surface area (Å²) in [6.45, 7) is 0. The van der Waals surface area contributed by atoms with Gasteiger partial charge in [-0.25, -0.2) is 0 Å². The molecule has 1 aliphatic heterocycles. The molecule has 0 aromatic heterocycles. The van der Waals surface area contributed by atoms with E-state index in [2.05, 4.69) is 10.6 Å². The number of amides is 4. The van der Waals surface area contributed by atoms with Crippen molar-refractivity contribution < 1.29 is 19.2 Å². The average molecular weight is 418 g/mol. The summed E-state index contributed by atoms with van der Waals surface area (Å²) in [5.41, 5.74) is 1.01. The molecule has 1 saturated heterocycles. The summed E-state index contributed by atoms with van der Waals surface area (Å²) in [5.74, 6) is -0.851. The molecule has 1 saturated carbocycles. The van der Waals surface area contributed by atoms with E-state index in [4.69, 9.17) is 0 Å². The molecule has 2 N–H and O–H groups in total. The molecule has 1 heterocycles. The van der Waals surface area contributed by atoms with Crippen LogP contribution in [0.2, 0.25) is 0 Å². The molecule has 4 amide bonds. The number of carbonyl (C=O) groups excluding carboxylic acids is 4. The van der Waals surface area contributed by atoms with Crippen molar-refractivity contribution >= 4 is 41.1 Å². The number of hydrogen-bond acceptors (Lipinski definition) is 5. The molecule has 2 aliphatic rings. The maximum absolute atomic E-state index is 13.0. The maximum atomic E-state index is 13.0. The summed E-state index contributed by atoms with van der Waals surface area (Å²) in [6.07, 6.45) is 5.70. The smallest absolute Gasteiger partial charge is 0.251 e. The first kappa shape index (κ1) is 21.4. The second-order valence-corrected chi connectivity index (χ2v) is 8.47. The summed E-state index contributed by atoms with van der Waals surface area (Å²) < 4.78 is 0. The number of imide groups is 1. The Morgan fingerprint density at radius 1 is 1.10 bits per heavy atom. The van der Waals surface area contributed by atoms with Gasteiger partial charge in [-0.15, -0.1) is 0 Å². The predicted molar refractivity (Wildman–Crippen MR) is 113 cm³/mol. The lowest BCUT2D eigenvalue weighted by molar-refractivity contribution is -0.146. The van der Waals surface area contributed by atoms with Crippen LogP contribution in [0.15, 0.2) is 24.3 Å². The van der Waals surface area contributed by atoms with Crippen LogP contribution in [0.5, 0.6) is 0 Å². The molecule has 7 nitrogen and oxygen atoms in total. The molecule has 0 radical (unpaired) electrons. The first-order valence-corrected chi connectivity index (χ1v) is 11.4. The van der Waals surface area contributed by atoms with Gasteiger partial charge in [-0.1, -0.05) is 12.8 Å². The van der Waals surface area contributed by atoms with E-state index in [1.165, 1.54) is 4.90 Å². The van der Waals surface area contributed by atoms with Crippen LogP contribution < -0.4 is 10.6 Å². The Balaban J connectivity index is 1.77. The SMILES string of the molecule is CNC(=O)c1ccc(NC(=O)C(CCSC)N2C(=O)C3CCCCC3C2=O)cc1. The van der Waals surface area contributed by atoms with E-state index in [9.17, 15) is 19.2 Å². The van der Waals surface area contributed by atoms with Crippen LogP contribution >= 0.6 is 11.8 Å². The second kappa shape index (κ2) is 9.43. The largest absolute Gasteiger partial charge is 0.355 e. The highest BCUT2D eigenvalue weighted by molar-refractivity contribution is 7.98. The third-order valence-corrected chi connectivity index (χ3v) is 6.37. The van der Waals surface area contributed by atoms with Crippen molar-refractivity contribution in [2.45, 2.75) is 38.1 Å². The molecule has 3 rings (SSSR count). The first-order chi connectivity index (χ1) is 14.0. The molecule has 2 fully saturated rings. The Bertz CT molecular complexity index is 772. The Morgan fingerprint density at radius 2 is 1.69 bits per heavy atom. The van der Waals surface area contributed by atoms with Gasteiger partial charge in [0.05, 0.1) is 11.8 Å². The number of anilines is 1. The molecule has 1 aromatic carbocycles. The van der Waals surface area contributed by atoms with Gasteiger partial charge in [0, 0.05) is 18.3 Å². The van der Waals surface area contributed by atoms with Gasteiger partial charge in [0.25, 0.3) is 5.91 Å². The quantitative estimate of drug-likeness (QED) is 0.664. The fraction of sp³-hybridized carbons (Fsp3) is 0.524. The van der Waals surface area contributed by atoms with Crippen molar-refractivity contribution in [3.63, 3.8) is 0 Å². The number of likely N-dealkylation sites (tertiary alicyclic amines) is 1. The van der Waals surface area contributed by atoms with E-state index in [0.29, 0.717) is 23.4 Å². The van der Waals surface area contributed by atoms with E-state index in [0.717, 1.165) is 25.7 Å². The zero-order valence-electron chi connectivity index (χ0n) is 16.8. The fourth-order valence-electron chi connectivity index (χ4n) is 4.18. The third kappa shape index (κ3) is 4.47. The van der Waals surface area contributed by atoms with Crippen LogP contribution in [-0.4, -0.2) is 53.6 Å². The summed E-state index contributed by atoms with van der Waals surface area (Å²) in [6, 6.07) is 5.70. The number of thioether (sulfide) groups is 1. The molecule has 0 bridgehead atoms. The van der Waals surface area contributed by atoms with Gasteiger partial charge < -0.3 is 10.6 Å². The molecule has 3 atom stereocenters. The summed E-state index contributed by atoms with van der Waals surface area (Å²) in [5, 5.41) is 5.35. The highest BCUT2D eigenvalue weighted by atomic mass is 32.2. The molecule has 156 valence electrons. The van der Waals surface area contributed by atoms with Crippen LogP contribution in [0.1, 0.15) is 42.5 Å². The number of nitrogens with zero attached hydrogens (tertiary/aromatic N) is 1. The van der Waals surface area contributed by atoms with Gasteiger partial charge in [-0.05, 0) is 55.5 Å². The van der Waals surface area contributed by atoms with E-state index >= 15 is 0 Å². The zero-order chi connectivity index (χ0) is 21.0. The summed E-state index contributed by atoms with van der Waals surface area (Å²) in [7, 11) is 1.55.